The molecule has 0 aliphatic rings. The van der Waals surface area contributed by atoms with E-state index in [1.54, 1.807) is 66.1 Å². The SMILES string of the molecule is CC(=O)c1cc2c3ccnc(C)c3c(=O)n(C)c2cc1OC[C@@H](N)CC(C)C.CC(C)C[C@@H](COc1cc2c(cc1Cl)c1ccncc1c(=O)n2C)NC(=O)OC(C)(C)C. The lowest BCUT2D eigenvalue weighted by atomic mass is 10.0. The highest BCUT2D eigenvalue weighted by Crippen LogP contribution is 2.34. The van der Waals surface area contributed by atoms with Crippen molar-refractivity contribution in [3.05, 3.63) is 92.0 Å². The van der Waals surface area contributed by atoms with Gasteiger partial charge in [-0.15, -0.1) is 0 Å². The van der Waals surface area contributed by atoms with Crippen LogP contribution in [0.15, 0.2) is 64.6 Å². The molecule has 0 radical (unpaired) electrons. The van der Waals surface area contributed by atoms with Gasteiger partial charge in [-0.2, -0.15) is 0 Å². The second-order valence-corrected chi connectivity index (χ2v) is 17.6. The Morgan fingerprint density at radius 2 is 1.42 bits per heavy atom. The molecule has 4 aromatic heterocycles. The van der Waals surface area contributed by atoms with Gasteiger partial charge in [0.1, 0.15) is 30.3 Å². The third kappa shape index (κ3) is 10.6. The predicted octanol–water partition coefficient (Wildman–Crippen LogP) is 8.41. The van der Waals surface area contributed by atoms with Gasteiger partial charge in [-0.1, -0.05) is 39.3 Å². The van der Waals surface area contributed by atoms with Crippen LogP contribution in [0.4, 0.5) is 4.79 Å². The van der Waals surface area contributed by atoms with Crippen molar-refractivity contribution in [3.8, 4) is 11.5 Å². The molecule has 0 unspecified atom stereocenters. The van der Waals surface area contributed by atoms with Crippen molar-refractivity contribution in [2.24, 2.45) is 31.7 Å². The Morgan fingerprint density at radius 3 is 2.05 bits per heavy atom. The third-order valence-electron chi connectivity index (χ3n) is 9.99. The van der Waals surface area contributed by atoms with Crippen molar-refractivity contribution >= 4 is 66.8 Å². The molecule has 3 N–H and O–H groups in total. The molecule has 320 valence electrons. The predicted molar refractivity (Wildman–Crippen MR) is 240 cm³/mol. The normalized spacial score (nSPS) is 12.8. The van der Waals surface area contributed by atoms with Crippen LogP contribution in [0.1, 0.15) is 84.3 Å². The summed E-state index contributed by atoms with van der Waals surface area (Å²) >= 11 is 6.54. The van der Waals surface area contributed by atoms with Gasteiger partial charge in [-0.25, -0.2) is 4.79 Å². The minimum Gasteiger partial charge on any atom is -0.491 e. The molecular formula is C46H57ClN6O7. The third-order valence-corrected chi connectivity index (χ3v) is 10.3. The zero-order valence-corrected chi connectivity index (χ0v) is 37.2. The number of nitrogens with zero attached hydrogens (tertiary/aromatic N) is 4. The Kier molecular flexibility index (Phi) is 14.3. The van der Waals surface area contributed by atoms with Crippen molar-refractivity contribution in [3.63, 3.8) is 0 Å². The number of alkyl carbamates (subject to hydrolysis) is 1. The van der Waals surface area contributed by atoms with Crippen LogP contribution in [0.3, 0.4) is 0 Å². The average Bonchev–Trinajstić information content (AvgIpc) is 3.16. The highest BCUT2D eigenvalue weighted by atomic mass is 35.5. The highest BCUT2D eigenvalue weighted by molar-refractivity contribution is 6.33. The molecule has 6 rings (SSSR count). The van der Waals surface area contributed by atoms with Crippen molar-refractivity contribution in [2.45, 2.75) is 92.8 Å². The first-order valence-corrected chi connectivity index (χ1v) is 20.5. The van der Waals surface area contributed by atoms with Gasteiger partial charge in [-0.05, 0) is 94.3 Å². The van der Waals surface area contributed by atoms with Crippen LogP contribution in [0, 0.1) is 18.8 Å². The van der Waals surface area contributed by atoms with E-state index in [0.29, 0.717) is 74.4 Å². The molecule has 0 saturated heterocycles. The van der Waals surface area contributed by atoms with Gasteiger partial charge in [0.25, 0.3) is 11.1 Å². The van der Waals surface area contributed by atoms with E-state index in [0.717, 1.165) is 28.0 Å². The maximum absolute atomic E-state index is 12.9. The van der Waals surface area contributed by atoms with E-state index < -0.39 is 11.7 Å². The minimum absolute atomic E-state index is 0.0953. The quantitative estimate of drug-likeness (QED) is 0.0901. The Morgan fingerprint density at radius 1 is 0.817 bits per heavy atom. The van der Waals surface area contributed by atoms with Gasteiger partial charge < -0.3 is 34.4 Å². The van der Waals surface area contributed by atoms with E-state index in [2.05, 4.69) is 43.0 Å². The summed E-state index contributed by atoms with van der Waals surface area (Å²) in [5.74, 6) is 1.61. The number of fused-ring (bicyclic) bond motifs is 6. The molecule has 13 nitrogen and oxygen atoms in total. The van der Waals surface area contributed by atoms with Crippen molar-refractivity contribution in [2.75, 3.05) is 13.2 Å². The second kappa shape index (κ2) is 18.8. The number of Topliss-reactive ketones (excluding diaryl/α,β-unsaturated/α-hetero) is 1. The molecule has 6 aromatic rings. The smallest absolute Gasteiger partial charge is 0.407 e. The van der Waals surface area contributed by atoms with Crippen molar-refractivity contribution in [1.82, 2.24) is 24.4 Å². The number of hydrogen-bond donors (Lipinski definition) is 2. The van der Waals surface area contributed by atoms with Gasteiger partial charge in [0, 0.05) is 61.6 Å². The number of amides is 1. The number of hydrogen-bond acceptors (Lipinski definition) is 10. The Balaban J connectivity index is 0.000000230. The van der Waals surface area contributed by atoms with Crippen molar-refractivity contribution in [1.29, 1.82) is 0 Å². The summed E-state index contributed by atoms with van der Waals surface area (Å²) in [6, 6.07) is 10.4. The molecular weight excluding hydrogens is 784 g/mol. The summed E-state index contributed by atoms with van der Waals surface area (Å²) in [5.41, 5.74) is 7.86. The Labute approximate surface area is 355 Å². The van der Waals surface area contributed by atoms with Crippen LogP contribution < -0.4 is 31.6 Å². The molecule has 2 aromatic carbocycles. The maximum atomic E-state index is 12.9. The fourth-order valence-corrected chi connectivity index (χ4v) is 7.52. The van der Waals surface area contributed by atoms with Crippen molar-refractivity contribution < 1.29 is 23.8 Å². The van der Waals surface area contributed by atoms with Crippen LogP contribution >= 0.6 is 11.6 Å². The molecule has 0 aliphatic heterocycles. The summed E-state index contributed by atoms with van der Waals surface area (Å²) in [6.07, 6.45) is 5.95. The highest BCUT2D eigenvalue weighted by Gasteiger charge is 2.22. The largest absolute Gasteiger partial charge is 0.491 e. The van der Waals surface area contributed by atoms with Crippen LogP contribution in [-0.2, 0) is 18.8 Å². The number of nitrogens with one attached hydrogen (secondary N) is 1. The number of ether oxygens (including phenoxy) is 3. The van der Waals surface area contributed by atoms with E-state index in [1.165, 1.54) is 6.92 Å². The summed E-state index contributed by atoms with van der Waals surface area (Å²) in [7, 11) is 3.43. The Bertz CT molecular complexity index is 2680. The molecule has 0 saturated carbocycles. The summed E-state index contributed by atoms with van der Waals surface area (Å²) in [6.45, 7) is 17.7. The summed E-state index contributed by atoms with van der Waals surface area (Å²) in [5, 5.41) is 7.65. The molecule has 4 heterocycles. The van der Waals surface area contributed by atoms with Gasteiger partial charge in [0.05, 0.1) is 44.1 Å². The van der Waals surface area contributed by atoms with Gasteiger partial charge in [0.15, 0.2) is 5.78 Å². The lowest BCUT2D eigenvalue weighted by molar-refractivity contribution is 0.0480. The minimum atomic E-state index is -0.585. The van der Waals surface area contributed by atoms with Gasteiger partial charge >= 0.3 is 6.09 Å². The number of benzene rings is 2. The lowest BCUT2D eigenvalue weighted by Crippen LogP contribution is -2.42. The van der Waals surface area contributed by atoms with Crippen LogP contribution in [-0.4, -0.2) is 61.9 Å². The average molecular weight is 841 g/mol. The molecule has 0 fully saturated rings. The lowest BCUT2D eigenvalue weighted by Gasteiger charge is -2.25. The molecule has 1 amide bonds. The van der Waals surface area contributed by atoms with E-state index >= 15 is 0 Å². The number of carbonyl (C=O) groups is 2. The van der Waals surface area contributed by atoms with E-state index in [1.807, 2.05) is 39.8 Å². The summed E-state index contributed by atoms with van der Waals surface area (Å²) in [4.78, 5) is 58.5. The number of ketones is 1. The molecule has 0 aliphatic carbocycles. The number of rotatable bonds is 12. The number of pyridine rings is 4. The topological polar surface area (TPSA) is 170 Å². The fourth-order valence-electron chi connectivity index (χ4n) is 7.30. The van der Waals surface area contributed by atoms with Crippen LogP contribution in [0.2, 0.25) is 5.02 Å². The number of aryl methyl sites for hydroxylation is 3. The zero-order chi connectivity index (χ0) is 44.2. The van der Waals surface area contributed by atoms with Crippen LogP contribution in [0.5, 0.6) is 11.5 Å². The maximum Gasteiger partial charge on any atom is 0.407 e. The van der Waals surface area contributed by atoms with E-state index in [-0.39, 0.29) is 35.6 Å². The number of carbonyl (C=O) groups excluding carboxylic acids is 2. The number of nitrogens with two attached hydrogens (primary N) is 1. The second-order valence-electron chi connectivity index (χ2n) is 17.2. The monoisotopic (exact) mass is 840 g/mol. The standard InChI is InChI=1S/C24H30ClN3O4.C22H27N3O3/c1-14(2)9-15(27-23(30)32-24(3,4)5)13-31-21-11-20-17(10-19(21)25)16-7-8-26-12-18(16)22(29)28(20)6;1-12(2)8-15(23)11-28-20-10-19-18(9-17(20)14(4)26)16-6-7-24-13(3)21(16)22(27)25(19)5/h7-8,10-12,14-15H,9,13H2,1-6H3,(H,27,30);6-7,9-10,12,15H,8,11,23H2,1-5H3/t2*15-/m00/s1. The molecule has 0 spiro atoms. The van der Waals surface area contributed by atoms with E-state index in [4.69, 9.17) is 31.5 Å². The summed E-state index contributed by atoms with van der Waals surface area (Å²) < 4.78 is 20.5. The van der Waals surface area contributed by atoms with Gasteiger partial charge in [0.2, 0.25) is 0 Å². The fraction of sp³-hybridized carbons (Fsp3) is 0.435. The van der Waals surface area contributed by atoms with E-state index in [9.17, 15) is 19.2 Å². The zero-order valence-electron chi connectivity index (χ0n) is 36.4. The Hall–Kier alpha value is -5.53. The first-order chi connectivity index (χ1) is 28.2. The number of halogens is 1. The molecule has 60 heavy (non-hydrogen) atoms. The number of aromatic nitrogens is 4. The first-order valence-electron chi connectivity index (χ1n) is 20.2. The molecule has 14 heteroatoms. The molecule has 2 atom stereocenters. The van der Waals surface area contributed by atoms with Gasteiger partial charge in [-0.3, -0.25) is 24.4 Å². The molecule has 0 bridgehead atoms. The first kappa shape index (κ1) is 45.6. The van der Waals surface area contributed by atoms with Crippen LogP contribution in [0.25, 0.3) is 43.4 Å².